The molecule has 2 aromatic heterocycles. The summed E-state index contributed by atoms with van der Waals surface area (Å²) in [7, 11) is 0. The fraction of sp³-hybridized carbons (Fsp3) is 0.444. The van der Waals surface area contributed by atoms with Gasteiger partial charge in [-0.25, -0.2) is 23.1 Å². The lowest BCUT2D eigenvalue weighted by Crippen LogP contribution is -2.43. The molecule has 1 aliphatic carbocycles. The zero-order valence-corrected chi connectivity index (χ0v) is 22.1. The van der Waals surface area contributed by atoms with Crippen molar-refractivity contribution in [3.8, 4) is 11.1 Å². The number of rotatable bonds is 6. The van der Waals surface area contributed by atoms with Crippen molar-refractivity contribution in [1.29, 1.82) is 0 Å². The first-order chi connectivity index (χ1) is 19.0. The number of anilines is 1. The van der Waals surface area contributed by atoms with Crippen LogP contribution >= 0.6 is 0 Å². The number of fused-ring (bicyclic) bond motifs is 1. The quantitative estimate of drug-likeness (QED) is 0.491. The maximum atomic E-state index is 15.3. The van der Waals surface area contributed by atoms with Gasteiger partial charge in [-0.1, -0.05) is 11.3 Å². The maximum absolute atomic E-state index is 15.3. The van der Waals surface area contributed by atoms with Crippen LogP contribution in [0.1, 0.15) is 26.5 Å². The molecule has 0 bridgehead atoms. The molecule has 0 spiro atoms. The van der Waals surface area contributed by atoms with Gasteiger partial charge in [-0.3, -0.25) is 9.88 Å². The number of nitrogens with one attached hydrogen (secondary N) is 1. The molecule has 3 aromatic rings. The Labute approximate surface area is 228 Å². The number of carbonyl (C=O) groups excluding carboxylic acids is 2. The molecule has 4 atom stereocenters. The number of hydrogen-bond donors (Lipinski definition) is 1. The molecule has 40 heavy (non-hydrogen) atoms. The van der Waals surface area contributed by atoms with Gasteiger partial charge in [0.15, 0.2) is 0 Å². The lowest BCUT2D eigenvalue weighted by molar-refractivity contribution is 0.0447. The van der Waals surface area contributed by atoms with Gasteiger partial charge in [-0.05, 0) is 39.0 Å². The van der Waals surface area contributed by atoms with E-state index in [1.54, 1.807) is 39.1 Å². The third-order valence-electron chi connectivity index (χ3n) is 7.40. The molecule has 210 valence electrons. The highest BCUT2D eigenvalue weighted by Crippen LogP contribution is 2.60. The lowest BCUT2D eigenvalue weighted by atomic mass is 10.0. The Morgan fingerprint density at radius 1 is 1.20 bits per heavy atom. The Morgan fingerprint density at radius 2 is 1.93 bits per heavy atom. The van der Waals surface area contributed by atoms with Crippen LogP contribution in [0.5, 0.6) is 0 Å². The highest BCUT2D eigenvalue weighted by atomic mass is 19.1. The van der Waals surface area contributed by atoms with Crippen molar-refractivity contribution in [3.63, 3.8) is 0 Å². The topological polar surface area (TPSA) is 121 Å². The highest BCUT2D eigenvalue weighted by molar-refractivity contribution is 5.90. The van der Waals surface area contributed by atoms with Crippen LogP contribution in [-0.4, -0.2) is 63.6 Å². The summed E-state index contributed by atoms with van der Waals surface area (Å²) in [4.78, 5) is 30.7. The van der Waals surface area contributed by atoms with Crippen LogP contribution in [-0.2, 0) is 26.3 Å². The van der Waals surface area contributed by atoms with Gasteiger partial charge in [-0.2, -0.15) is 0 Å². The summed E-state index contributed by atoms with van der Waals surface area (Å²) in [5, 5.41) is 10.5. The summed E-state index contributed by atoms with van der Waals surface area (Å²) < 4.78 is 48.4. The van der Waals surface area contributed by atoms with Crippen LogP contribution in [0.4, 0.5) is 24.1 Å². The Bertz CT molecular complexity index is 1410. The molecule has 4 heterocycles. The molecule has 1 aromatic carbocycles. The van der Waals surface area contributed by atoms with Crippen LogP contribution in [0.15, 0.2) is 42.9 Å². The normalized spacial score (nSPS) is 25.5. The van der Waals surface area contributed by atoms with Gasteiger partial charge < -0.3 is 19.5 Å². The molecular formula is C27H28F2N6O5. The number of pyridine rings is 1. The maximum Gasteiger partial charge on any atom is 0.414 e. The standard InChI is InChI=1S/C27H28F2N6O5/c1-26(2,3)40-24(36)32-27(18-13-38-14-19(18)27)22-5-4-15(10-30-22)23-20(28)8-16(9-21(23)29)35-12-17(39-25(35)37)11-34-7-6-31-33-34/h4-10,17-19H,11-14H2,1-3H3,(H,32,36)/t17-,18-,19+,27-/m0/s1. The minimum absolute atomic E-state index is 0.0275. The number of nitrogens with zero attached hydrogens (tertiary/aromatic N) is 5. The summed E-state index contributed by atoms with van der Waals surface area (Å²) in [6, 6.07) is 5.42. The average molecular weight is 555 g/mol. The SMILES string of the molecule is CC(C)(C)OC(=O)N[C@]1(c2ccc(-c3c(F)cc(N4C[C@H](Cn5ccnn5)OC4=O)cc3F)cn2)[C@@H]2COC[C@@H]21. The van der Waals surface area contributed by atoms with Crippen LogP contribution in [0.2, 0.25) is 0 Å². The summed E-state index contributed by atoms with van der Waals surface area (Å²) in [6.07, 6.45) is 2.69. The molecule has 3 aliphatic rings. The van der Waals surface area contributed by atoms with Gasteiger partial charge in [0.2, 0.25) is 0 Å². The van der Waals surface area contributed by atoms with Gasteiger partial charge in [0.05, 0.1) is 55.0 Å². The van der Waals surface area contributed by atoms with Crippen LogP contribution in [0.25, 0.3) is 11.1 Å². The molecule has 3 fully saturated rings. The van der Waals surface area contributed by atoms with E-state index < -0.39 is 41.1 Å². The molecule has 1 saturated carbocycles. The third kappa shape index (κ3) is 4.63. The van der Waals surface area contributed by atoms with E-state index in [0.29, 0.717) is 18.9 Å². The van der Waals surface area contributed by atoms with Gasteiger partial charge in [0.25, 0.3) is 0 Å². The third-order valence-corrected chi connectivity index (χ3v) is 7.40. The van der Waals surface area contributed by atoms with Crippen molar-refractivity contribution in [2.24, 2.45) is 11.8 Å². The minimum atomic E-state index is -0.852. The van der Waals surface area contributed by atoms with E-state index in [1.807, 2.05) is 0 Å². The number of hydrogen-bond acceptors (Lipinski definition) is 8. The van der Waals surface area contributed by atoms with E-state index in [1.165, 1.54) is 22.0 Å². The van der Waals surface area contributed by atoms with Crippen molar-refractivity contribution < 1.29 is 32.6 Å². The number of cyclic esters (lactones) is 1. The Morgan fingerprint density at radius 3 is 2.52 bits per heavy atom. The largest absolute Gasteiger partial charge is 0.444 e. The number of halogens is 2. The Balaban J connectivity index is 1.21. The molecule has 0 radical (unpaired) electrons. The molecular weight excluding hydrogens is 526 g/mol. The van der Waals surface area contributed by atoms with Gasteiger partial charge in [-0.15, -0.1) is 5.10 Å². The van der Waals surface area contributed by atoms with E-state index in [-0.39, 0.29) is 41.7 Å². The number of ether oxygens (including phenoxy) is 3. The predicted molar refractivity (Wildman–Crippen MR) is 136 cm³/mol. The van der Waals surface area contributed by atoms with Gasteiger partial charge in [0, 0.05) is 29.8 Å². The van der Waals surface area contributed by atoms with Gasteiger partial charge >= 0.3 is 12.2 Å². The Kier molecular flexibility index (Phi) is 6.21. The van der Waals surface area contributed by atoms with E-state index in [0.717, 1.165) is 12.1 Å². The van der Waals surface area contributed by atoms with Crippen molar-refractivity contribution in [3.05, 3.63) is 60.2 Å². The van der Waals surface area contributed by atoms with Gasteiger partial charge in [0.1, 0.15) is 23.3 Å². The second-order valence-electron chi connectivity index (χ2n) is 11.2. The highest BCUT2D eigenvalue weighted by Gasteiger charge is 2.70. The number of amides is 2. The molecule has 2 amide bonds. The number of aromatic nitrogens is 4. The van der Waals surface area contributed by atoms with Crippen molar-refractivity contribution in [2.75, 3.05) is 24.7 Å². The second kappa shape index (κ2) is 9.51. The summed E-state index contributed by atoms with van der Waals surface area (Å²) in [5.41, 5.74) is -0.889. The first-order valence-corrected chi connectivity index (χ1v) is 12.9. The molecule has 6 rings (SSSR count). The number of alkyl carbamates (subject to hydrolysis) is 1. The minimum Gasteiger partial charge on any atom is -0.444 e. The van der Waals surface area contributed by atoms with Crippen LogP contribution < -0.4 is 10.2 Å². The second-order valence-corrected chi connectivity index (χ2v) is 11.2. The number of carbonyl (C=O) groups is 2. The fourth-order valence-corrected chi connectivity index (χ4v) is 5.60. The molecule has 0 unspecified atom stereocenters. The summed E-state index contributed by atoms with van der Waals surface area (Å²) >= 11 is 0. The molecule has 1 N–H and O–H groups in total. The molecule has 2 saturated heterocycles. The lowest BCUT2D eigenvalue weighted by Gasteiger charge is -2.26. The van der Waals surface area contributed by atoms with E-state index in [2.05, 4.69) is 20.6 Å². The number of benzene rings is 1. The molecule has 13 heteroatoms. The summed E-state index contributed by atoms with van der Waals surface area (Å²) in [5.74, 6) is -1.65. The fourth-order valence-electron chi connectivity index (χ4n) is 5.60. The van der Waals surface area contributed by atoms with Crippen LogP contribution in [0, 0.1) is 23.5 Å². The summed E-state index contributed by atoms with van der Waals surface area (Å²) in [6.45, 7) is 6.64. The van der Waals surface area contributed by atoms with E-state index in [4.69, 9.17) is 14.2 Å². The first kappa shape index (κ1) is 26.1. The van der Waals surface area contributed by atoms with E-state index >= 15 is 8.78 Å². The Hall–Kier alpha value is -4.13. The smallest absolute Gasteiger partial charge is 0.414 e. The first-order valence-electron chi connectivity index (χ1n) is 12.9. The zero-order valence-electron chi connectivity index (χ0n) is 22.1. The van der Waals surface area contributed by atoms with Crippen molar-refractivity contribution in [1.82, 2.24) is 25.3 Å². The zero-order chi connectivity index (χ0) is 28.2. The van der Waals surface area contributed by atoms with Crippen LogP contribution in [0.3, 0.4) is 0 Å². The van der Waals surface area contributed by atoms with E-state index in [9.17, 15) is 9.59 Å². The van der Waals surface area contributed by atoms with Crippen molar-refractivity contribution >= 4 is 17.9 Å². The predicted octanol–water partition coefficient (Wildman–Crippen LogP) is 3.64. The molecule has 2 aliphatic heterocycles. The monoisotopic (exact) mass is 554 g/mol. The molecule has 11 nitrogen and oxygen atoms in total. The average Bonchev–Trinajstić information content (AvgIpc) is 3.41. The van der Waals surface area contributed by atoms with Crippen molar-refractivity contribution in [2.45, 2.75) is 44.6 Å².